The van der Waals surface area contributed by atoms with E-state index in [0.717, 1.165) is 31.5 Å². The standard InChI is InChI=1S/C18H28N4O2/c1-18(2,3)17(24)20-12-16(23)22-14-9-7-13(8-10-14)21-15-6-4-5-11-19-15/h4-6,11,13-14H,7-10,12H2,1-3H3,(H,19,21)(H,20,24)(H,22,23). The molecule has 3 N–H and O–H groups in total. The first-order valence-corrected chi connectivity index (χ1v) is 8.60. The maximum absolute atomic E-state index is 12.0. The van der Waals surface area contributed by atoms with Crippen LogP contribution in [0.4, 0.5) is 5.82 Å². The van der Waals surface area contributed by atoms with E-state index in [9.17, 15) is 9.59 Å². The Bertz CT molecular complexity index is 546. The smallest absolute Gasteiger partial charge is 0.239 e. The number of pyridine rings is 1. The molecule has 6 nitrogen and oxygen atoms in total. The van der Waals surface area contributed by atoms with E-state index < -0.39 is 5.41 Å². The maximum atomic E-state index is 12.0. The van der Waals surface area contributed by atoms with Crippen LogP contribution in [0.15, 0.2) is 24.4 Å². The number of amides is 2. The molecular formula is C18H28N4O2. The molecule has 1 aromatic heterocycles. The van der Waals surface area contributed by atoms with E-state index in [0.29, 0.717) is 6.04 Å². The average molecular weight is 332 g/mol. The van der Waals surface area contributed by atoms with Gasteiger partial charge in [-0.2, -0.15) is 0 Å². The number of hydrogen-bond acceptors (Lipinski definition) is 4. The Morgan fingerprint density at radius 3 is 2.38 bits per heavy atom. The lowest BCUT2D eigenvalue weighted by Crippen LogP contribution is -2.46. The second kappa shape index (κ2) is 8.13. The van der Waals surface area contributed by atoms with E-state index >= 15 is 0 Å². The Labute approximate surface area is 143 Å². The van der Waals surface area contributed by atoms with Crippen LogP contribution in [-0.4, -0.2) is 35.4 Å². The highest BCUT2D eigenvalue weighted by atomic mass is 16.2. The topological polar surface area (TPSA) is 83.1 Å². The summed E-state index contributed by atoms with van der Waals surface area (Å²) in [6, 6.07) is 6.41. The molecule has 1 aliphatic carbocycles. The van der Waals surface area contributed by atoms with Crippen molar-refractivity contribution in [1.29, 1.82) is 0 Å². The van der Waals surface area contributed by atoms with Crippen LogP contribution in [0.3, 0.4) is 0 Å². The molecule has 0 saturated heterocycles. The fourth-order valence-corrected chi connectivity index (χ4v) is 2.74. The molecule has 2 amide bonds. The summed E-state index contributed by atoms with van der Waals surface area (Å²) in [5.74, 6) is 0.671. The number of hydrogen-bond donors (Lipinski definition) is 3. The van der Waals surface area contributed by atoms with Crippen LogP contribution in [0, 0.1) is 5.41 Å². The predicted molar refractivity (Wildman–Crippen MR) is 94.5 cm³/mol. The normalized spacial score (nSPS) is 21.0. The summed E-state index contributed by atoms with van der Waals surface area (Å²) in [7, 11) is 0. The van der Waals surface area contributed by atoms with Gasteiger partial charge in [0.25, 0.3) is 0 Å². The number of carbonyl (C=O) groups excluding carboxylic acids is 2. The third kappa shape index (κ3) is 5.83. The molecule has 0 spiro atoms. The molecule has 1 aromatic rings. The average Bonchev–Trinajstić information content (AvgIpc) is 2.54. The second-order valence-corrected chi connectivity index (χ2v) is 7.41. The molecular weight excluding hydrogens is 304 g/mol. The summed E-state index contributed by atoms with van der Waals surface area (Å²) in [6.07, 6.45) is 5.64. The Kier molecular flexibility index (Phi) is 6.17. The van der Waals surface area contributed by atoms with Gasteiger partial charge in [0.1, 0.15) is 5.82 Å². The van der Waals surface area contributed by atoms with Crippen molar-refractivity contribution in [2.45, 2.75) is 58.5 Å². The first-order chi connectivity index (χ1) is 11.3. The lowest BCUT2D eigenvalue weighted by molar-refractivity contribution is -0.131. The lowest BCUT2D eigenvalue weighted by atomic mass is 9.91. The SMILES string of the molecule is CC(C)(C)C(=O)NCC(=O)NC1CCC(Nc2ccccn2)CC1. The minimum absolute atomic E-state index is 0.0439. The van der Waals surface area contributed by atoms with Gasteiger partial charge in [0.15, 0.2) is 0 Å². The first kappa shape index (κ1) is 18.2. The first-order valence-electron chi connectivity index (χ1n) is 8.60. The highest BCUT2D eigenvalue weighted by Gasteiger charge is 2.24. The third-order valence-corrected chi connectivity index (χ3v) is 4.20. The number of carbonyl (C=O) groups is 2. The van der Waals surface area contributed by atoms with E-state index in [4.69, 9.17) is 0 Å². The van der Waals surface area contributed by atoms with Gasteiger partial charge >= 0.3 is 0 Å². The van der Waals surface area contributed by atoms with Crippen molar-refractivity contribution in [2.24, 2.45) is 5.41 Å². The molecule has 0 unspecified atom stereocenters. The second-order valence-electron chi connectivity index (χ2n) is 7.41. The number of nitrogens with one attached hydrogen (secondary N) is 3. The Balaban J connectivity index is 1.67. The monoisotopic (exact) mass is 332 g/mol. The van der Waals surface area contributed by atoms with Crippen LogP contribution in [0.2, 0.25) is 0 Å². The number of rotatable bonds is 5. The van der Waals surface area contributed by atoms with Crippen LogP contribution in [0.1, 0.15) is 46.5 Å². The minimum Gasteiger partial charge on any atom is -0.367 e. The van der Waals surface area contributed by atoms with Gasteiger partial charge in [0.05, 0.1) is 6.54 Å². The van der Waals surface area contributed by atoms with Gasteiger partial charge in [0.2, 0.25) is 11.8 Å². The number of aromatic nitrogens is 1. The van der Waals surface area contributed by atoms with Crippen LogP contribution in [0.25, 0.3) is 0 Å². The number of nitrogens with zero attached hydrogens (tertiary/aromatic N) is 1. The van der Waals surface area contributed by atoms with Gasteiger partial charge in [-0.15, -0.1) is 0 Å². The molecule has 6 heteroatoms. The summed E-state index contributed by atoms with van der Waals surface area (Å²) < 4.78 is 0. The van der Waals surface area contributed by atoms with E-state index in [2.05, 4.69) is 20.9 Å². The fraction of sp³-hybridized carbons (Fsp3) is 0.611. The summed E-state index contributed by atoms with van der Waals surface area (Å²) in [5, 5.41) is 9.13. The van der Waals surface area contributed by atoms with E-state index in [1.807, 2.05) is 39.0 Å². The van der Waals surface area contributed by atoms with Crippen molar-refractivity contribution in [1.82, 2.24) is 15.6 Å². The molecule has 0 bridgehead atoms. The van der Waals surface area contributed by atoms with Crippen LogP contribution >= 0.6 is 0 Å². The maximum Gasteiger partial charge on any atom is 0.239 e. The zero-order chi connectivity index (χ0) is 17.6. The van der Waals surface area contributed by atoms with Crippen molar-refractivity contribution in [3.63, 3.8) is 0 Å². The largest absolute Gasteiger partial charge is 0.367 e. The summed E-state index contributed by atoms with van der Waals surface area (Å²) in [4.78, 5) is 28.0. The summed E-state index contributed by atoms with van der Waals surface area (Å²) >= 11 is 0. The van der Waals surface area contributed by atoms with Crippen LogP contribution in [-0.2, 0) is 9.59 Å². The van der Waals surface area contributed by atoms with Crippen molar-refractivity contribution >= 4 is 17.6 Å². The van der Waals surface area contributed by atoms with Gasteiger partial charge in [-0.3, -0.25) is 9.59 Å². The zero-order valence-electron chi connectivity index (χ0n) is 14.8. The van der Waals surface area contributed by atoms with Gasteiger partial charge in [-0.05, 0) is 37.8 Å². The molecule has 1 heterocycles. The minimum atomic E-state index is -0.477. The fourth-order valence-electron chi connectivity index (χ4n) is 2.74. The predicted octanol–water partition coefficient (Wildman–Crippen LogP) is 2.08. The van der Waals surface area contributed by atoms with Gasteiger partial charge in [-0.25, -0.2) is 4.98 Å². The van der Waals surface area contributed by atoms with Crippen LogP contribution in [0.5, 0.6) is 0 Å². The number of anilines is 1. The van der Waals surface area contributed by atoms with Gasteiger partial charge < -0.3 is 16.0 Å². The highest BCUT2D eigenvalue weighted by Crippen LogP contribution is 2.21. The van der Waals surface area contributed by atoms with Crippen molar-refractivity contribution < 1.29 is 9.59 Å². The van der Waals surface area contributed by atoms with Crippen LogP contribution < -0.4 is 16.0 Å². The molecule has 132 valence electrons. The van der Waals surface area contributed by atoms with Gasteiger partial charge in [0, 0.05) is 23.7 Å². The molecule has 0 radical (unpaired) electrons. The quantitative estimate of drug-likeness (QED) is 0.771. The van der Waals surface area contributed by atoms with E-state index in [1.165, 1.54) is 0 Å². The third-order valence-electron chi connectivity index (χ3n) is 4.20. The molecule has 2 rings (SSSR count). The molecule has 24 heavy (non-hydrogen) atoms. The highest BCUT2D eigenvalue weighted by molar-refractivity contribution is 5.87. The Hall–Kier alpha value is -2.11. The summed E-state index contributed by atoms with van der Waals surface area (Å²) in [5.41, 5.74) is -0.477. The zero-order valence-corrected chi connectivity index (χ0v) is 14.8. The van der Waals surface area contributed by atoms with Gasteiger partial charge in [-0.1, -0.05) is 26.8 Å². The lowest BCUT2D eigenvalue weighted by Gasteiger charge is -2.30. The van der Waals surface area contributed by atoms with Crippen molar-refractivity contribution in [3.8, 4) is 0 Å². The van der Waals surface area contributed by atoms with Crippen molar-refractivity contribution in [2.75, 3.05) is 11.9 Å². The van der Waals surface area contributed by atoms with E-state index in [-0.39, 0.29) is 24.4 Å². The summed E-state index contributed by atoms with van der Waals surface area (Å²) in [6.45, 7) is 5.53. The Morgan fingerprint density at radius 1 is 1.12 bits per heavy atom. The van der Waals surface area contributed by atoms with E-state index in [1.54, 1.807) is 6.20 Å². The molecule has 1 fully saturated rings. The van der Waals surface area contributed by atoms with Crippen molar-refractivity contribution in [3.05, 3.63) is 24.4 Å². The molecule has 0 aliphatic heterocycles. The Morgan fingerprint density at radius 2 is 1.79 bits per heavy atom. The molecule has 0 aromatic carbocycles. The molecule has 1 aliphatic rings. The molecule has 1 saturated carbocycles. The molecule has 0 atom stereocenters.